The van der Waals surface area contributed by atoms with Gasteiger partial charge in [0.25, 0.3) is 0 Å². The Morgan fingerprint density at radius 1 is 1.46 bits per heavy atom. The van der Waals surface area contributed by atoms with E-state index in [0.717, 1.165) is 25.3 Å². The largest absolute Gasteiger partial charge is 0.497 e. The summed E-state index contributed by atoms with van der Waals surface area (Å²) >= 11 is 0. The van der Waals surface area contributed by atoms with Gasteiger partial charge in [-0.05, 0) is 49.4 Å². The van der Waals surface area contributed by atoms with Crippen LogP contribution in [0.5, 0.6) is 5.75 Å². The zero-order valence-electron chi connectivity index (χ0n) is 15.0. The van der Waals surface area contributed by atoms with Gasteiger partial charge in [0.05, 0.1) is 19.7 Å². The highest BCUT2D eigenvalue weighted by Crippen LogP contribution is 2.28. The third kappa shape index (κ3) is 4.27. The smallest absolute Gasteiger partial charge is 0.235 e. The van der Waals surface area contributed by atoms with Crippen molar-refractivity contribution in [1.82, 2.24) is 10.2 Å². The standard InChI is InChI=1S/C19H27N3O2/c1-14(2)19(3,13-20)21-18(23)12-22-10-9-16(11-22)15-5-7-17(24-4)8-6-15/h5-8,14,16H,9-12H2,1-4H3,(H,21,23)/t16-,19-/m0/s1. The molecule has 1 heterocycles. The molecule has 0 spiro atoms. The molecule has 1 aromatic carbocycles. The van der Waals surface area contributed by atoms with E-state index in [4.69, 9.17) is 4.74 Å². The monoisotopic (exact) mass is 329 g/mol. The molecule has 5 heteroatoms. The minimum atomic E-state index is -0.813. The van der Waals surface area contributed by atoms with Crippen molar-refractivity contribution < 1.29 is 9.53 Å². The van der Waals surface area contributed by atoms with Crippen LogP contribution >= 0.6 is 0 Å². The molecule has 0 saturated carbocycles. The van der Waals surface area contributed by atoms with Gasteiger partial charge < -0.3 is 10.1 Å². The van der Waals surface area contributed by atoms with E-state index in [0.29, 0.717) is 12.5 Å². The zero-order valence-corrected chi connectivity index (χ0v) is 15.0. The first kappa shape index (κ1) is 18.3. The number of nitrogens with zero attached hydrogens (tertiary/aromatic N) is 2. The van der Waals surface area contributed by atoms with E-state index < -0.39 is 5.54 Å². The number of carbonyl (C=O) groups excluding carboxylic acids is 1. The summed E-state index contributed by atoms with van der Waals surface area (Å²) < 4.78 is 5.19. The lowest BCUT2D eigenvalue weighted by Gasteiger charge is -2.28. The number of hydrogen-bond donors (Lipinski definition) is 1. The number of methoxy groups -OCH3 is 1. The van der Waals surface area contributed by atoms with E-state index in [9.17, 15) is 10.1 Å². The Labute approximate surface area is 144 Å². The molecule has 2 rings (SSSR count). The highest BCUT2D eigenvalue weighted by molar-refractivity contribution is 5.79. The van der Waals surface area contributed by atoms with Crippen LogP contribution < -0.4 is 10.1 Å². The van der Waals surface area contributed by atoms with Crippen LogP contribution in [0.2, 0.25) is 0 Å². The van der Waals surface area contributed by atoms with Gasteiger partial charge in [0, 0.05) is 6.54 Å². The molecule has 0 aliphatic carbocycles. The average Bonchev–Trinajstić information content (AvgIpc) is 3.02. The summed E-state index contributed by atoms with van der Waals surface area (Å²) in [5, 5.41) is 12.2. The quantitative estimate of drug-likeness (QED) is 0.871. The van der Waals surface area contributed by atoms with Gasteiger partial charge >= 0.3 is 0 Å². The van der Waals surface area contributed by atoms with Crippen molar-refractivity contribution >= 4 is 5.91 Å². The lowest BCUT2D eigenvalue weighted by atomic mass is 9.90. The summed E-state index contributed by atoms with van der Waals surface area (Å²) in [4.78, 5) is 14.4. The maximum Gasteiger partial charge on any atom is 0.235 e. The topological polar surface area (TPSA) is 65.4 Å². The molecule has 1 aliphatic rings. The minimum absolute atomic E-state index is 0.0667. The molecule has 1 amide bonds. The second-order valence-electron chi connectivity index (χ2n) is 7.01. The summed E-state index contributed by atoms with van der Waals surface area (Å²) in [6.45, 7) is 7.77. The van der Waals surface area contributed by atoms with Crippen molar-refractivity contribution in [3.8, 4) is 11.8 Å². The SMILES string of the molecule is COc1ccc([C@H]2CCN(CC(=O)N[C@@](C)(C#N)C(C)C)C2)cc1. The lowest BCUT2D eigenvalue weighted by Crippen LogP contribution is -2.51. The van der Waals surface area contributed by atoms with Crippen LogP contribution in [0.15, 0.2) is 24.3 Å². The molecule has 2 atom stereocenters. The van der Waals surface area contributed by atoms with E-state index in [1.54, 1.807) is 14.0 Å². The summed E-state index contributed by atoms with van der Waals surface area (Å²) in [6, 6.07) is 10.4. The Balaban J connectivity index is 1.89. The van der Waals surface area contributed by atoms with Gasteiger partial charge in [-0.2, -0.15) is 5.26 Å². The van der Waals surface area contributed by atoms with Crippen LogP contribution in [0.1, 0.15) is 38.7 Å². The molecule has 1 N–H and O–H groups in total. The molecule has 5 nitrogen and oxygen atoms in total. The Hall–Kier alpha value is -2.06. The average molecular weight is 329 g/mol. The van der Waals surface area contributed by atoms with Gasteiger partial charge in [-0.3, -0.25) is 9.69 Å². The Morgan fingerprint density at radius 3 is 2.67 bits per heavy atom. The third-order valence-electron chi connectivity index (χ3n) is 5.01. The van der Waals surface area contributed by atoms with Crippen LogP contribution in [0, 0.1) is 17.2 Å². The van der Waals surface area contributed by atoms with E-state index in [1.807, 2.05) is 26.0 Å². The van der Waals surface area contributed by atoms with Crippen molar-refractivity contribution in [1.29, 1.82) is 5.26 Å². The molecular formula is C19H27N3O2. The van der Waals surface area contributed by atoms with Gasteiger partial charge in [-0.25, -0.2) is 0 Å². The van der Waals surface area contributed by atoms with E-state index in [-0.39, 0.29) is 11.8 Å². The molecule has 24 heavy (non-hydrogen) atoms. The molecule has 0 bridgehead atoms. The van der Waals surface area contributed by atoms with Crippen LogP contribution in [-0.2, 0) is 4.79 Å². The number of ether oxygens (including phenoxy) is 1. The first-order valence-corrected chi connectivity index (χ1v) is 8.46. The van der Waals surface area contributed by atoms with Crippen molar-refractivity contribution in [2.24, 2.45) is 5.92 Å². The van der Waals surface area contributed by atoms with Crippen molar-refractivity contribution in [3.05, 3.63) is 29.8 Å². The molecule has 130 valence electrons. The van der Waals surface area contributed by atoms with Crippen molar-refractivity contribution in [2.45, 2.75) is 38.6 Å². The molecule has 1 saturated heterocycles. The third-order valence-corrected chi connectivity index (χ3v) is 5.01. The normalized spacial score (nSPS) is 20.4. The number of benzene rings is 1. The second kappa shape index (κ2) is 7.67. The number of rotatable bonds is 6. The number of nitrogens with one attached hydrogen (secondary N) is 1. The number of nitriles is 1. The summed E-state index contributed by atoms with van der Waals surface area (Å²) in [5.41, 5.74) is 0.467. The van der Waals surface area contributed by atoms with E-state index in [1.165, 1.54) is 5.56 Å². The highest BCUT2D eigenvalue weighted by atomic mass is 16.5. The predicted octanol–water partition coefficient (Wildman–Crippen LogP) is 2.54. The lowest BCUT2D eigenvalue weighted by molar-refractivity contribution is -0.123. The van der Waals surface area contributed by atoms with Crippen molar-refractivity contribution in [3.63, 3.8) is 0 Å². The maximum absolute atomic E-state index is 12.3. The van der Waals surface area contributed by atoms with Gasteiger partial charge in [0.2, 0.25) is 5.91 Å². The van der Waals surface area contributed by atoms with Crippen LogP contribution in [0.3, 0.4) is 0 Å². The van der Waals surface area contributed by atoms with Crippen LogP contribution in [0.4, 0.5) is 0 Å². The number of likely N-dealkylation sites (tertiary alicyclic amines) is 1. The fourth-order valence-electron chi connectivity index (χ4n) is 2.96. The van der Waals surface area contributed by atoms with E-state index in [2.05, 4.69) is 28.4 Å². The first-order valence-electron chi connectivity index (χ1n) is 8.46. The molecule has 0 radical (unpaired) electrons. The minimum Gasteiger partial charge on any atom is -0.497 e. The van der Waals surface area contributed by atoms with Crippen molar-refractivity contribution in [2.75, 3.05) is 26.7 Å². The number of hydrogen-bond acceptors (Lipinski definition) is 4. The fraction of sp³-hybridized carbons (Fsp3) is 0.579. The molecular weight excluding hydrogens is 302 g/mol. The Bertz CT molecular complexity index is 606. The fourth-order valence-corrected chi connectivity index (χ4v) is 2.96. The Morgan fingerprint density at radius 2 is 2.12 bits per heavy atom. The van der Waals surface area contributed by atoms with Gasteiger partial charge in [-0.15, -0.1) is 0 Å². The second-order valence-corrected chi connectivity index (χ2v) is 7.01. The van der Waals surface area contributed by atoms with Gasteiger partial charge in [0.1, 0.15) is 11.3 Å². The molecule has 1 fully saturated rings. The molecule has 0 unspecified atom stereocenters. The van der Waals surface area contributed by atoms with Crippen LogP contribution in [-0.4, -0.2) is 43.1 Å². The highest BCUT2D eigenvalue weighted by Gasteiger charge is 2.31. The Kier molecular flexibility index (Phi) is 5.84. The van der Waals surface area contributed by atoms with Gasteiger partial charge in [-0.1, -0.05) is 26.0 Å². The predicted molar refractivity (Wildman–Crippen MR) is 93.8 cm³/mol. The maximum atomic E-state index is 12.3. The van der Waals surface area contributed by atoms with Gasteiger partial charge in [0.15, 0.2) is 0 Å². The first-order chi connectivity index (χ1) is 11.4. The summed E-state index contributed by atoms with van der Waals surface area (Å²) in [6.07, 6.45) is 1.04. The summed E-state index contributed by atoms with van der Waals surface area (Å²) in [5.74, 6) is 1.29. The molecule has 1 aromatic rings. The number of carbonyl (C=O) groups is 1. The summed E-state index contributed by atoms with van der Waals surface area (Å²) in [7, 11) is 1.66. The molecule has 0 aromatic heterocycles. The number of amides is 1. The van der Waals surface area contributed by atoms with Crippen LogP contribution in [0.25, 0.3) is 0 Å². The molecule has 1 aliphatic heterocycles. The zero-order chi connectivity index (χ0) is 17.7. The van der Waals surface area contributed by atoms with E-state index >= 15 is 0 Å².